The van der Waals surface area contributed by atoms with E-state index in [1.54, 1.807) is 30.8 Å². The van der Waals surface area contributed by atoms with Gasteiger partial charge in [-0.25, -0.2) is 4.79 Å². The van der Waals surface area contributed by atoms with Crippen LogP contribution in [0.25, 0.3) is 0 Å². The zero-order valence-electron chi connectivity index (χ0n) is 13.0. The fraction of sp³-hybridized carbons (Fsp3) is 0.533. The molecule has 118 valence electrons. The molecular weight excluding hydrogens is 308 g/mol. The van der Waals surface area contributed by atoms with Crippen LogP contribution in [0.4, 0.5) is 11.4 Å². The number of carbonyl (C=O) groups excluding carboxylic acids is 1. The second kappa shape index (κ2) is 8.39. The summed E-state index contributed by atoms with van der Waals surface area (Å²) in [7, 11) is 1.94. The molecule has 0 aliphatic heterocycles. The molecule has 1 aromatic carbocycles. The first kappa shape index (κ1) is 18.0. The third kappa shape index (κ3) is 4.71. The summed E-state index contributed by atoms with van der Waals surface area (Å²) in [5.41, 5.74) is 7.36. The first-order valence-electron chi connectivity index (χ1n) is 6.90. The van der Waals surface area contributed by atoms with E-state index < -0.39 is 5.97 Å². The molecule has 0 amide bonds. The molecule has 0 aromatic heterocycles. The summed E-state index contributed by atoms with van der Waals surface area (Å²) >= 11 is 8.11. The van der Waals surface area contributed by atoms with Gasteiger partial charge >= 0.3 is 5.97 Å². The average Bonchev–Trinajstić information content (AvgIpc) is 2.43. The normalized spacial score (nSPS) is 12.0. The average molecular weight is 331 g/mol. The zero-order chi connectivity index (χ0) is 16.0. The Morgan fingerprint density at radius 3 is 2.76 bits per heavy atom. The summed E-state index contributed by atoms with van der Waals surface area (Å²) in [4.78, 5) is 14.2. The van der Waals surface area contributed by atoms with Gasteiger partial charge in [0, 0.05) is 18.8 Å². The predicted octanol–water partition coefficient (Wildman–Crippen LogP) is 3.68. The molecule has 0 bridgehead atoms. The fourth-order valence-corrected chi connectivity index (χ4v) is 2.98. The summed E-state index contributed by atoms with van der Waals surface area (Å²) in [5, 5.41) is 0.469. The number of esters is 1. The Morgan fingerprint density at radius 1 is 1.52 bits per heavy atom. The summed E-state index contributed by atoms with van der Waals surface area (Å²) in [6.07, 6.45) is 3.08. The van der Waals surface area contributed by atoms with Crippen LogP contribution in [-0.2, 0) is 4.74 Å². The Balaban J connectivity index is 3.17. The molecule has 0 saturated carbocycles. The summed E-state index contributed by atoms with van der Waals surface area (Å²) in [5.74, 6) is 0.651. The maximum Gasteiger partial charge on any atom is 0.340 e. The minimum atomic E-state index is -0.398. The smallest absolute Gasteiger partial charge is 0.340 e. The van der Waals surface area contributed by atoms with Gasteiger partial charge in [-0.3, -0.25) is 0 Å². The van der Waals surface area contributed by atoms with Gasteiger partial charge in [-0.15, -0.1) is 0 Å². The molecule has 1 unspecified atom stereocenters. The van der Waals surface area contributed by atoms with E-state index >= 15 is 0 Å². The van der Waals surface area contributed by atoms with E-state index in [0.717, 1.165) is 12.2 Å². The van der Waals surface area contributed by atoms with Crippen molar-refractivity contribution in [2.24, 2.45) is 0 Å². The monoisotopic (exact) mass is 330 g/mol. The maximum atomic E-state index is 12.1. The molecule has 21 heavy (non-hydrogen) atoms. The Hall–Kier alpha value is -1.07. The number of hydrogen-bond acceptors (Lipinski definition) is 5. The van der Waals surface area contributed by atoms with Gasteiger partial charge in [-0.2, -0.15) is 11.8 Å². The number of halogens is 1. The lowest BCUT2D eigenvalue weighted by molar-refractivity contribution is 0.0527. The maximum absolute atomic E-state index is 12.1. The molecule has 1 aromatic rings. The number of nitrogens with zero attached hydrogens (tertiary/aromatic N) is 1. The fourth-order valence-electron chi connectivity index (χ4n) is 2.05. The number of rotatable bonds is 7. The van der Waals surface area contributed by atoms with Crippen molar-refractivity contribution in [2.45, 2.75) is 26.3 Å². The van der Waals surface area contributed by atoms with Gasteiger partial charge in [0.25, 0.3) is 0 Å². The van der Waals surface area contributed by atoms with Crippen LogP contribution < -0.4 is 10.6 Å². The molecule has 0 spiro atoms. The van der Waals surface area contributed by atoms with Crippen LogP contribution in [0, 0.1) is 0 Å². The van der Waals surface area contributed by atoms with E-state index in [0.29, 0.717) is 28.6 Å². The molecule has 0 saturated heterocycles. The van der Waals surface area contributed by atoms with Crippen molar-refractivity contribution >= 4 is 40.7 Å². The number of ether oxygens (including phenoxy) is 1. The Labute approximate surface area is 136 Å². The van der Waals surface area contributed by atoms with Crippen molar-refractivity contribution in [2.75, 3.05) is 36.3 Å². The first-order chi connectivity index (χ1) is 9.92. The van der Waals surface area contributed by atoms with Crippen LogP contribution in [0.5, 0.6) is 0 Å². The SMILES string of the molecule is CCOC(=O)c1cc(N)cc(Cl)c1N(C)C(C)CCSC. The number of carbonyl (C=O) groups is 1. The number of nitrogens with two attached hydrogens (primary N) is 1. The molecule has 1 rings (SSSR count). The van der Waals surface area contributed by atoms with Gasteiger partial charge in [0.15, 0.2) is 0 Å². The third-order valence-electron chi connectivity index (χ3n) is 3.33. The summed E-state index contributed by atoms with van der Waals surface area (Å²) < 4.78 is 5.11. The largest absolute Gasteiger partial charge is 0.462 e. The van der Waals surface area contributed by atoms with Gasteiger partial charge in [0.2, 0.25) is 0 Å². The van der Waals surface area contributed by atoms with Crippen molar-refractivity contribution in [3.63, 3.8) is 0 Å². The Morgan fingerprint density at radius 2 is 2.19 bits per heavy atom. The number of benzene rings is 1. The van der Waals surface area contributed by atoms with E-state index in [4.69, 9.17) is 22.1 Å². The molecule has 1 atom stereocenters. The van der Waals surface area contributed by atoms with E-state index in [2.05, 4.69) is 13.2 Å². The lowest BCUT2D eigenvalue weighted by Gasteiger charge is -2.29. The van der Waals surface area contributed by atoms with E-state index in [-0.39, 0.29) is 6.04 Å². The lowest BCUT2D eigenvalue weighted by Crippen LogP contribution is -2.31. The van der Waals surface area contributed by atoms with E-state index in [1.165, 1.54) is 0 Å². The van der Waals surface area contributed by atoms with Crippen LogP contribution in [0.3, 0.4) is 0 Å². The highest BCUT2D eigenvalue weighted by Crippen LogP contribution is 2.34. The minimum Gasteiger partial charge on any atom is -0.462 e. The highest BCUT2D eigenvalue weighted by atomic mass is 35.5. The van der Waals surface area contributed by atoms with Gasteiger partial charge in [-0.05, 0) is 44.4 Å². The quantitative estimate of drug-likeness (QED) is 0.610. The van der Waals surface area contributed by atoms with Gasteiger partial charge in [0.1, 0.15) is 0 Å². The summed E-state index contributed by atoms with van der Waals surface area (Å²) in [6, 6.07) is 3.54. The van der Waals surface area contributed by atoms with Crippen molar-refractivity contribution in [3.8, 4) is 0 Å². The minimum absolute atomic E-state index is 0.256. The van der Waals surface area contributed by atoms with Crippen molar-refractivity contribution in [1.29, 1.82) is 0 Å². The molecular formula is C15H23ClN2O2S. The van der Waals surface area contributed by atoms with Crippen LogP contribution in [0.1, 0.15) is 30.6 Å². The van der Waals surface area contributed by atoms with Crippen molar-refractivity contribution < 1.29 is 9.53 Å². The van der Waals surface area contributed by atoms with Crippen molar-refractivity contribution in [1.82, 2.24) is 0 Å². The number of anilines is 2. The van der Waals surface area contributed by atoms with Gasteiger partial charge < -0.3 is 15.4 Å². The molecule has 6 heteroatoms. The predicted molar refractivity (Wildman–Crippen MR) is 92.7 cm³/mol. The van der Waals surface area contributed by atoms with Crippen molar-refractivity contribution in [3.05, 3.63) is 22.7 Å². The molecule has 0 radical (unpaired) electrons. The number of hydrogen-bond donors (Lipinski definition) is 1. The van der Waals surface area contributed by atoms with Crippen LogP contribution in [0.15, 0.2) is 12.1 Å². The lowest BCUT2D eigenvalue weighted by atomic mass is 10.1. The van der Waals surface area contributed by atoms with Gasteiger partial charge in [0.05, 0.1) is 22.9 Å². The van der Waals surface area contributed by atoms with E-state index in [1.807, 2.05) is 11.9 Å². The first-order valence-corrected chi connectivity index (χ1v) is 8.67. The topological polar surface area (TPSA) is 55.6 Å². The third-order valence-corrected chi connectivity index (χ3v) is 4.27. The highest BCUT2D eigenvalue weighted by molar-refractivity contribution is 7.98. The number of thioether (sulfide) groups is 1. The molecule has 0 heterocycles. The van der Waals surface area contributed by atoms with E-state index in [9.17, 15) is 4.79 Å². The molecule has 4 nitrogen and oxygen atoms in total. The summed E-state index contributed by atoms with van der Waals surface area (Å²) in [6.45, 7) is 4.20. The second-order valence-electron chi connectivity index (χ2n) is 4.86. The highest BCUT2D eigenvalue weighted by Gasteiger charge is 2.22. The molecule has 2 N–H and O–H groups in total. The number of nitrogen functional groups attached to an aromatic ring is 1. The van der Waals surface area contributed by atoms with Gasteiger partial charge in [-0.1, -0.05) is 11.6 Å². The molecule has 0 aliphatic carbocycles. The second-order valence-corrected chi connectivity index (χ2v) is 6.25. The van der Waals surface area contributed by atoms with Crippen LogP contribution in [0.2, 0.25) is 5.02 Å². The zero-order valence-corrected chi connectivity index (χ0v) is 14.6. The molecule has 0 aliphatic rings. The van der Waals surface area contributed by atoms with Crippen LogP contribution in [-0.4, -0.2) is 37.7 Å². The molecule has 0 fully saturated rings. The van der Waals surface area contributed by atoms with Crippen LogP contribution >= 0.6 is 23.4 Å². The Bertz CT molecular complexity index is 497. The standard InChI is InChI=1S/C15H23ClN2O2S/c1-5-20-15(19)12-8-11(17)9-13(16)14(12)18(3)10(2)6-7-21-4/h8-10H,5-7,17H2,1-4H3. The Kier molecular flexibility index (Phi) is 7.18.